The molecule has 0 atom stereocenters. The van der Waals surface area contributed by atoms with Gasteiger partial charge in [0.25, 0.3) is 33.3 Å². The van der Waals surface area contributed by atoms with E-state index in [-0.39, 0.29) is 11.8 Å². The second-order valence-corrected chi connectivity index (χ2v) is 54.6. The summed E-state index contributed by atoms with van der Waals surface area (Å²) < 4.78 is 33.3. The van der Waals surface area contributed by atoms with Gasteiger partial charge in [-0.15, -0.1) is 0 Å². The smallest absolute Gasteiger partial charge is 0.264 e. The lowest BCUT2D eigenvalue weighted by Crippen LogP contribution is -2.50. The molecule has 0 N–H and O–H groups in total. The van der Waals surface area contributed by atoms with E-state index in [1.165, 1.54) is 66.8 Å². The second kappa shape index (κ2) is 47.2. The first-order chi connectivity index (χ1) is 73.1. The average Bonchev–Trinajstić information content (AvgIpc) is 0.624. The van der Waals surface area contributed by atoms with Crippen molar-refractivity contribution in [1.29, 1.82) is 0 Å². The van der Waals surface area contributed by atoms with E-state index in [1.807, 2.05) is 0 Å². The minimum Gasteiger partial charge on any atom is -0.542 e. The van der Waals surface area contributed by atoms with Gasteiger partial charge in [-0.3, -0.25) is 0 Å². The Morgan fingerprint density at radius 1 is 0.122 bits per heavy atom. The normalized spacial score (nSPS) is 11.7. The molecule has 0 aromatic heterocycles. The summed E-state index contributed by atoms with van der Waals surface area (Å²) in [5.41, 5.74) is 30.4. The summed E-state index contributed by atoms with van der Waals surface area (Å²) >= 11 is 0. The van der Waals surface area contributed by atoms with Crippen LogP contribution in [0.3, 0.4) is 0 Å². The van der Waals surface area contributed by atoms with Gasteiger partial charge in [-0.1, -0.05) is 534 Å². The Hall–Kier alpha value is -16.3. The van der Waals surface area contributed by atoms with Gasteiger partial charge >= 0.3 is 0 Å². The molecule has 21 aromatic carbocycles. The molecule has 0 aliphatic carbocycles. The third-order valence-corrected chi connectivity index (χ3v) is 44.3. The Balaban J connectivity index is 0.781. The van der Waals surface area contributed by atoms with E-state index in [1.54, 1.807) is 0 Å². The summed E-state index contributed by atoms with van der Waals surface area (Å²) in [5, 5.41) is 0. The molecule has 0 saturated heterocycles. The fraction of sp³-hybridized carbons (Fsp3) is 0.100. The Morgan fingerprint density at radius 3 is 0.365 bits per heavy atom. The zero-order valence-corrected chi connectivity index (χ0v) is 87.7. The maximum Gasteiger partial charge on any atom is 0.264 e. The molecular formula is C140H122O4Si4. The molecule has 0 radical (unpaired) electrons. The lowest BCUT2D eigenvalue weighted by atomic mass is 9.80. The molecule has 148 heavy (non-hydrogen) atoms. The number of rotatable bonds is 42. The Morgan fingerprint density at radius 2 is 0.236 bits per heavy atom. The van der Waals surface area contributed by atoms with Crippen molar-refractivity contribution in [2.24, 2.45) is 0 Å². The summed E-state index contributed by atoms with van der Waals surface area (Å²) in [4.78, 5) is 0. The molecule has 0 amide bonds. The first kappa shape index (κ1) is 97.7. The third-order valence-electron chi connectivity index (χ3n) is 29.0. The van der Waals surface area contributed by atoms with Crippen LogP contribution in [0.5, 0.6) is 23.0 Å². The first-order valence-corrected chi connectivity index (χ1v) is 62.3. The van der Waals surface area contributed by atoms with Gasteiger partial charge in [-0.05, 0) is 171 Å². The summed E-state index contributed by atoms with van der Waals surface area (Å²) in [6, 6.07) is 225. The van der Waals surface area contributed by atoms with Gasteiger partial charge in [-0.25, -0.2) is 0 Å². The van der Waals surface area contributed by atoms with Crippen LogP contribution in [-0.4, -0.2) is 33.3 Å². The summed E-state index contributed by atoms with van der Waals surface area (Å²) in [7, 11) is -12.0. The average molecular weight is 1980 g/mol. The molecule has 4 nitrogen and oxygen atoms in total. The van der Waals surface area contributed by atoms with Gasteiger partial charge < -0.3 is 17.7 Å². The van der Waals surface area contributed by atoms with E-state index in [0.717, 1.165) is 173 Å². The zero-order valence-electron chi connectivity index (χ0n) is 83.7. The van der Waals surface area contributed by atoms with Crippen LogP contribution in [0.2, 0.25) is 0 Å². The second-order valence-electron chi connectivity index (χ2n) is 40.1. The van der Waals surface area contributed by atoms with Crippen molar-refractivity contribution in [3.8, 4) is 67.5 Å². The minimum atomic E-state index is -3.00. The molecule has 0 fully saturated rings. The summed E-state index contributed by atoms with van der Waals surface area (Å²) in [6.07, 6.45) is 0. The maximum absolute atomic E-state index is 8.33. The summed E-state index contributed by atoms with van der Waals surface area (Å²) in [6.45, 7) is 0. The van der Waals surface area contributed by atoms with Crippen LogP contribution < -0.4 is 17.7 Å². The molecule has 0 unspecified atom stereocenters. The van der Waals surface area contributed by atoms with E-state index in [2.05, 4.69) is 582 Å². The van der Waals surface area contributed by atoms with Gasteiger partial charge in [0, 0.05) is 107 Å². The van der Waals surface area contributed by atoms with E-state index in [0.29, 0.717) is 0 Å². The van der Waals surface area contributed by atoms with E-state index in [4.69, 9.17) is 17.7 Å². The fourth-order valence-electron chi connectivity index (χ4n) is 22.4. The minimum absolute atomic E-state index is 0.359. The van der Waals surface area contributed by atoms with Crippen LogP contribution in [0.1, 0.15) is 112 Å². The number of hydrogen-bond donors (Lipinski definition) is 0. The van der Waals surface area contributed by atoms with Crippen LogP contribution in [-0.2, 0) is 72.5 Å². The van der Waals surface area contributed by atoms with E-state index < -0.39 is 33.3 Å². The quantitative estimate of drug-likeness (QED) is 0.0282. The number of benzene rings is 21. The molecule has 21 rings (SSSR count). The van der Waals surface area contributed by atoms with Gasteiger partial charge in [0.05, 0.1) is 0 Å². The molecule has 0 saturated carbocycles. The molecule has 8 heteroatoms. The molecular weight excluding hydrogens is 1860 g/mol. The molecule has 0 aliphatic rings. The predicted octanol–water partition coefficient (Wildman–Crippen LogP) is 33.4. The predicted molar refractivity (Wildman–Crippen MR) is 623 cm³/mol. The van der Waals surface area contributed by atoms with Crippen molar-refractivity contribution < 1.29 is 17.7 Å². The number of hydrogen-bond acceptors (Lipinski definition) is 4. The fourth-order valence-corrected chi connectivity index (χ4v) is 39.1. The van der Waals surface area contributed by atoms with Crippen LogP contribution in [0, 0.1) is 0 Å². The van der Waals surface area contributed by atoms with Crippen molar-refractivity contribution in [3.05, 3.63) is 683 Å². The first-order valence-electron chi connectivity index (χ1n) is 52.2. The van der Waals surface area contributed by atoms with Gasteiger partial charge in [0.15, 0.2) is 0 Å². The van der Waals surface area contributed by atoms with Crippen molar-refractivity contribution in [3.63, 3.8) is 0 Å². The zero-order chi connectivity index (χ0) is 99.7. The highest BCUT2D eigenvalue weighted by molar-refractivity contribution is 6.74. The van der Waals surface area contributed by atoms with Crippen LogP contribution in [0.4, 0.5) is 0 Å². The van der Waals surface area contributed by atoms with Gasteiger partial charge in [0.1, 0.15) is 23.0 Å². The third kappa shape index (κ3) is 24.9. The van der Waals surface area contributed by atoms with Crippen LogP contribution in [0.25, 0.3) is 44.5 Å². The molecule has 722 valence electrons. The SMILES string of the molecule is c1ccc(C[Si](Cc2ccccc2)(Cc2ccccc2)Oc2ccc(C(c3ccc(C(c4ccc(O[Si](Cc5ccccc5)(Cc5ccccc5)Cc5ccccc5)c(-c5ccccc5)c4)c4ccc(O[Si](Cc5ccccc5)(Cc5ccccc5)Cc5ccccc5)c(-c5ccccc5)c4)cc3)c3ccc(O[Si](Cc4ccccc4)(Cc4ccccc4)Cc4ccccc4)c(-c4ccccc4)c3)cc2-c2ccccc2)cc1. The highest BCUT2D eigenvalue weighted by Crippen LogP contribution is 2.49. The Labute approximate surface area is 878 Å². The highest BCUT2D eigenvalue weighted by Gasteiger charge is 2.45. The molecule has 0 heterocycles. The Kier molecular flexibility index (Phi) is 31.2. The lowest BCUT2D eigenvalue weighted by Gasteiger charge is -2.35. The molecule has 0 spiro atoms. The van der Waals surface area contributed by atoms with E-state index in [9.17, 15) is 0 Å². The maximum atomic E-state index is 8.33. The summed E-state index contributed by atoms with van der Waals surface area (Å²) in [5.74, 6) is 2.77. The van der Waals surface area contributed by atoms with Crippen LogP contribution >= 0.6 is 0 Å². The molecule has 0 bridgehead atoms. The van der Waals surface area contributed by atoms with Crippen molar-refractivity contribution in [2.75, 3.05) is 0 Å². The highest BCUT2D eigenvalue weighted by atomic mass is 28.4. The molecule has 21 aromatic rings. The molecule has 0 aliphatic heterocycles. The van der Waals surface area contributed by atoms with Crippen LogP contribution in [0.15, 0.2) is 582 Å². The standard InChI is InChI=1S/C140H122O4Si4/c1-17-49-109(50-18-1)97-145(98-110-51-19-2-20-52-110,99-111-53-21-3-22-54-111)141-135-89-85-127(93-131(135)121-73-41-13-42-74-121)139(128-86-90-136(132(94-128)122-75-43-14-44-76-122)142-146(100-112-55-23-4-24-56-112,101-113-57-25-5-26-58-113)102-114-59-27-6-28-60-114)125-81-83-126(84-82-125)140(129-87-91-137(133(95-129)123-77-45-15-46-78-123)143-147(103-115-61-29-7-30-62-115,104-116-63-31-8-32-64-116)105-117-65-33-9-34-66-117)130-88-92-138(134(96-130)124-79-47-16-48-80-124)144-148(106-118-67-35-10-36-68-118,107-119-69-37-11-38-70-119)108-120-71-39-12-40-72-120/h1-96,139-140H,97-108H2. The largest absolute Gasteiger partial charge is 0.542 e. The van der Waals surface area contributed by atoms with Gasteiger partial charge in [0.2, 0.25) is 0 Å². The monoisotopic (exact) mass is 1980 g/mol. The van der Waals surface area contributed by atoms with Gasteiger partial charge in [-0.2, -0.15) is 0 Å². The van der Waals surface area contributed by atoms with E-state index >= 15 is 0 Å². The topological polar surface area (TPSA) is 36.9 Å². The van der Waals surface area contributed by atoms with Crippen molar-refractivity contribution in [1.82, 2.24) is 0 Å². The van der Waals surface area contributed by atoms with Crippen molar-refractivity contribution in [2.45, 2.75) is 84.4 Å². The van der Waals surface area contributed by atoms with Crippen molar-refractivity contribution >= 4 is 33.3 Å². The Bertz CT molecular complexity index is 6440. The lowest BCUT2D eigenvalue weighted by molar-refractivity contribution is 0.525.